The molecule has 16 heavy (non-hydrogen) atoms. The summed E-state index contributed by atoms with van der Waals surface area (Å²) < 4.78 is 30.6. The van der Waals surface area contributed by atoms with Gasteiger partial charge in [-0.05, 0) is 19.8 Å². The minimum absolute atomic E-state index is 0.136. The Bertz CT molecular complexity index is 344. The van der Waals surface area contributed by atoms with Crippen LogP contribution < -0.4 is 4.74 Å². The molecule has 0 spiro atoms. The highest BCUT2D eigenvalue weighted by atomic mass is 19.1. The van der Waals surface area contributed by atoms with Crippen molar-refractivity contribution in [3.63, 3.8) is 0 Å². The summed E-state index contributed by atoms with van der Waals surface area (Å²) in [7, 11) is 0. The first-order valence-corrected chi connectivity index (χ1v) is 5.16. The molecule has 0 bridgehead atoms. The number of hydrogen-bond acceptors (Lipinski definition) is 2. The van der Waals surface area contributed by atoms with E-state index >= 15 is 0 Å². The zero-order valence-electron chi connectivity index (χ0n) is 9.13. The summed E-state index contributed by atoms with van der Waals surface area (Å²) in [5.41, 5.74) is 0. The lowest BCUT2D eigenvalue weighted by molar-refractivity contribution is -0.117. The number of unbranched alkanes of at least 4 members (excludes halogenated alkanes) is 1. The molecule has 1 rings (SSSR count). The summed E-state index contributed by atoms with van der Waals surface area (Å²) >= 11 is 0. The number of carbonyl (C=O) groups is 1. The van der Waals surface area contributed by atoms with Crippen LogP contribution in [0.2, 0.25) is 0 Å². The Morgan fingerprint density at radius 1 is 1.19 bits per heavy atom. The van der Waals surface area contributed by atoms with E-state index in [4.69, 9.17) is 4.74 Å². The summed E-state index contributed by atoms with van der Waals surface area (Å²) in [4.78, 5) is 10.6. The van der Waals surface area contributed by atoms with Gasteiger partial charge in [0.25, 0.3) is 0 Å². The molecule has 0 saturated carbocycles. The molecule has 0 amide bonds. The minimum Gasteiger partial charge on any atom is -0.493 e. The van der Waals surface area contributed by atoms with Crippen molar-refractivity contribution in [1.82, 2.24) is 0 Å². The van der Waals surface area contributed by atoms with Crippen molar-refractivity contribution in [2.24, 2.45) is 0 Å². The molecule has 0 radical (unpaired) electrons. The van der Waals surface area contributed by atoms with Crippen LogP contribution in [0.15, 0.2) is 18.2 Å². The van der Waals surface area contributed by atoms with Crippen molar-refractivity contribution in [1.29, 1.82) is 0 Å². The van der Waals surface area contributed by atoms with Gasteiger partial charge < -0.3 is 9.53 Å². The molecule has 0 aromatic heterocycles. The van der Waals surface area contributed by atoms with E-state index in [9.17, 15) is 13.6 Å². The van der Waals surface area contributed by atoms with Gasteiger partial charge >= 0.3 is 0 Å². The van der Waals surface area contributed by atoms with Gasteiger partial charge in [0.15, 0.2) is 0 Å². The van der Waals surface area contributed by atoms with Crippen molar-refractivity contribution < 1.29 is 18.3 Å². The number of Topliss-reactive ketones (excluding diaryl/α,β-unsaturated/α-hetero) is 1. The Hall–Kier alpha value is -1.45. The van der Waals surface area contributed by atoms with Crippen LogP contribution in [0.3, 0.4) is 0 Å². The predicted octanol–water partition coefficient (Wildman–Crippen LogP) is 3.10. The molecule has 1 aromatic rings. The van der Waals surface area contributed by atoms with Crippen molar-refractivity contribution in [3.05, 3.63) is 29.8 Å². The van der Waals surface area contributed by atoms with Crippen molar-refractivity contribution in [2.45, 2.75) is 26.2 Å². The molecular formula is C12H14F2O2. The van der Waals surface area contributed by atoms with E-state index in [0.29, 0.717) is 19.4 Å². The van der Waals surface area contributed by atoms with Crippen LogP contribution in [0.1, 0.15) is 26.2 Å². The van der Waals surface area contributed by atoms with Gasteiger partial charge in [0.05, 0.1) is 6.61 Å². The molecule has 88 valence electrons. The number of ketones is 1. The molecule has 0 aliphatic heterocycles. The maximum atomic E-state index is 12.7. The maximum absolute atomic E-state index is 12.7. The van der Waals surface area contributed by atoms with Gasteiger partial charge in [-0.1, -0.05) is 0 Å². The first-order valence-electron chi connectivity index (χ1n) is 5.16. The van der Waals surface area contributed by atoms with Crippen molar-refractivity contribution in [2.75, 3.05) is 6.61 Å². The normalized spacial score (nSPS) is 10.2. The number of hydrogen-bond donors (Lipinski definition) is 0. The molecule has 1 aromatic carbocycles. The zero-order chi connectivity index (χ0) is 12.0. The SMILES string of the molecule is CC(=O)CCCCOc1cc(F)cc(F)c1. The van der Waals surface area contributed by atoms with Crippen LogP contribution in [0.4, 0.5) is 8.78 Å². The molecule has 0 fully saturated rings. The highest BCUT2D eigenvalue weighted by Crippen LogP contribution is 2.15. The fourth-order valence-corrected chi connectivity index (χ4v) is 1.28. The van der Waals surface area contributed by atoms with Gasteiger partial charge in [0.2, 0.25) is 0 Å². The third-order valence-electron chi connectivity index (χ3n) is 2.03. The third kappa shape index (κ3) is 4.87. The van der Waals surface area contributed by atoms with E-state index in [1.165, 1.54) is 6.92 Å². The molecule has 0 N–H and O–H groups in total. The summed E-state index contributed by atoms with van der Waals surface area (Å²) in [6, 6.07) is 3.06. The highest BCUT2D eigenvalue weighted by Gasteiger charge is 2.01. The number of benzene rings is 1. The molecule has 4 heteroatoms. The highest BCUT2D eigenvalue weighted by molar-refractivity contribution is 5.75. The monoisotopic (exact) mass is 228 g/mol. The molecule has 0 saturated heterocycles. The fraction of sp³-hybridized carbons (Fsp3) is 0.417. The molecular weight excluding hydrogens is 214 g/mol. The van der Waals surface area contributed by atoms with Crippen LogP contribution in [0.5, 0.6) is 5.75 Å². The van der Waals surface area contributed by atoms with Crippen LogP contribution in [0, 0.1) is 11.6 Å². The lowest BCUT2D eigenvalue weighted by atomic mass is 10.2. The van der Waals surface area contributed by atoms with Crippen LogP contribution in [-0.4, -0.2) is 12.4 Å². The number of carbonyl (C=O) groups excluding carboxylic acids is 1. The van der Waals surface area contributed by atoms with Gasteiger partial charge in [-0.25, -0.2) is 8.78 Å². The number of rotatable bonds is 6. The van der Waals surface area contributed by atoms with Crippen LogP contribution in [-0.2, 0) is 4.79 Å². The number of halogens is 2. The van der Waals surface area contributed by atoms with E-state index in [1.54, 1.807) is 0 Å². The topological polar surface area (TPSA) is 26.3 Å². The molecule has 0 atom stereocenters. The summed E-state index contributed by atoms with van der Waals surface area (Å²) in [5, 5.41) is 0. The Balaban J connectivity index is 2.29. The van der Waals surface area contributed by atoms with Crippen LogP contribution >= 0.6 is 0 Å². The number of ether oxygens (including phenoxy) is 1. The van der Waals surface area contributed by atoms with Gasteiger partial charge in [0, 0.05) is 24.6 Å². The predicted molar refractivity (Wildman–Crippen MR) is 56.4 cm³/mol. The van der Waals surface area contributed by atoms with Gasteiger partial charge in [-0.3, -0.25) is 0 Å². The van der Waals surface area contributed by atoms with Crippen LogP contribution in [0.25, 0.3) is 0 Å². The quantitative estimate of drug-likeness (QED) is 0.699. The van der Waals surface area contributed by atoms with Crippen molar-refractivity contribution in [3.8, 4) is 5.75 Å². The van der Waals surface area contributed by atoms with Gasteiger partial charge in [-0.2, -0.15) is 0 Å². The third-order valence-corrected chi connectivity index (χ3v) is 2.03. The minimum atomic E-state index is -0.654. The van der Waals surface area contributed by atoms with E-state index in [0.717, 1.165) is 24.6 Å². The molecule has 0 aliphatic carbocycles. The second-order valence-electron chi connectivity index (χ2n) is 3.61. The smallest absolute Gasteiger partial charge is 0.129 e. The van der Waals surface area contributed by atoms with Gasteiger partial charge in [-0.15, -0.1) is 0 Å². The lowest BCUT2D eigenvalue weighted by Crippen LogP contribution is -1.99. The Labute approximate surface area is 93.2 Å². The van der Waals surface area contributed by atoms with E-state index < -0.39 is 11.6 Å². The first kappa shape index (κ1) is 12.6. The standard InChI is InChI=1S/C12H14F2O2/c1-9(15)4-2-3-5-16-12-7-10(13)6-11(14)8-12/h6-8H,2-5H2,1H3. The molecule has 0 unspecified atom stereocenters. The second kappa shape index (κ2) is 6.20. The lowest BCUT2D eigenvalue weighted by Gasteiger charge is -2.05. The van der Waals surface area contributed by atoms with Gasteiger partial charge in [0.1, 0.15) is 23.2 Å². The summed E-state index contributed by atoms with van der Waals surface area (Å²) in [5.74, 6) is -0.991. The van der Waals surface area contributed by atoms with E-state index in [1.807, 2.05) is 0 Å². The maximum Gasteiger partial charge on any atom is 0.129 e. The molecule has 0 aliphatic rings. The Morgan fingerprint density at radius 2 is 1.81 bits per heavy atom. The summed E-state index contributed by atoms with van der Waals surface area (Å²) in [6.45, 7) is 1.89. The van der Waals surface area contributed by atoms with Crippen molar-refractivity contribution >= 4 is 5.78 Å². The average Bonchev–Trinajstić information content (AvgIpc) is 2.15. The Kier molecular flexibility index (Phi) is 4.89. The second-order valence-corrected chi connectivity index (χ2v) is 3.61. The average molecular weight is 228 g/mol. The Morgan fingerprint density at radius 3 is 2.38 bits per heavy atom. The molecule has 0 heterocycles. The largest absolute Gasteiger partial charge is 0.493 e. The first-order chi connectivity index (χ1) is 7.58. The fourth-order valence-electron chi connectivity index (χ4n) is 1.28. The summed E-state index contributed by atoms with van der Waals surface area (Å²) in [6.07, 6.45) is 1.94. The van der Waals surface area contributed by atoms with E-state index in [-0.39, 0.29) is 11.5 Å². The zero-order valence-corrected chi connectivity index (χ0v) is 9.13. The van der Waals surface area contributed by atoms with E-state index in [2.05, 4.69) is 0 Å². The molecule has 2 nitrogen and oxygen atoms in total.